The molecule has 0 spiro atoms. The molecule has 2 saturated heterocycles. The molecule has 6 heteroatoms. The first-order valence-corrected chi connectivity index (χ1v) is 8.73. The second-order valence-corrected chi connectivity index (χ2v) is 8.34. The molecule has 0 aromatic rings. The van der Waals surface area contributed by atoms with E-state index in [1.165, 1.54) is 0 Å². The summed E-state index contributed by atoms with van der Waals surface area (Å²) in [5, 5.41) is 0.471. The molecule has 2 atom stereocenters. The Labute approximate surface area is 131 Å². The van der Waals surface area contributed by atoms with Crippen molar-refractivity contribution in [3.8, 4) is 0 Å². The van der Waals surface area contributed by atoms with Gasteiger partial charge in [0, 0.05) is 30.6 Å². The third-order valence-electron chi connectivity index (χ3n) is 3.72. The molecule has 2 unspecified atom stereocenters. The van der Waals surface area contributed by atoms with Crippen molar-refractivity contribution >= 4 is 23.8 Å². The first-order valence-electron chi connectivity index (χ1n) is 7.68. The summed E-state index contributed by atoms with van der Waals surface area (Å²) >= 11 is 1.90. The first kappa shape index (κ1) is 16.5. The van der Waals surface area contributed by atoms with Crippen LogP contribution in [0, 0.1) is 0 Å². The van der Waals surface area contributed by atoms with E-state index in [0.717, 1.165) is 31.7 Å². The maximum atomic E-state index is 12.7. The van der Waals surface area contributed by atoms with E-state index in [9.17, 15) is 9.59 Å². The molecule has 2 aliphatic rings. The molecular formula is C15H26N2O3S. The van der Waals surface area contributed by atoms with Gasteiger partial charge in [0.05, 0.1) is 0 Å². The van der Waals surface area contributed by atoms with Crippen molar-refractivity contribution in [1.29, 1.82) is 0 Å². The first-order chi connectivity index (χ1) is 9.78. The number of amides is 2. The number of carbonyl (C=O) groups excluding carboxylic acids is 2. The summed E-state index contributed by atoms with van der Waals surface area (Å²) in [7, 11) is 0. The predicted octanol–water partition coefficient (Wildman–Crippen LogP) is 2.35. The Balaban J connectivity index is 2.00. The quantitative estimate of drug-likeness (QED) is 0.745. The molecule has 21 heavy (non-hydrogen) atoms. The zero-order chi connectivity index (χ0) is 15.6. The van der Waals surface area contributed by atoms with Gasteiger partial charge in [0.25, 0.3) is 0 Å². The smallest absolute Gasteiger partial charge is 0.410 e. The molecule has 0 aromatic carbocycles. The van der Waals surface area contributed by atoms with E-state index in [0.29, 0.717) is 11.8 Å². The van der Waals surface area contributed by atoms with E-state index in [2.05, 4.69) is 6.92 Å². The Hall–Kier alpha value is -0.910. The molecule has 0 bridgehead atoms. The number of thioether (sulfide) groups is 1. The van der Waals surface area contributed by atoms with E-state index in [1.807, 2.05) is 37.4 Å². The molecule has 0 saturated carbocycles. The van der Waals surface area contributed by atoms with Gasteiger partial charge in [-0.1, -0.05) is 6.92 Å². The van der Waals surface area contributed by atoms with Gasteiger partial charge in [-0.25, -0.2) is 4.79 Å². The van der Waals surface area contributed by atoms with Crippen LogP contribution in [0.5, 0.6) is 0 Å². The van der Waals surface area contributed by atoms with Crippen LogP contribution in [0.25, 0.3) is 0 Å². The number of hydrogen-bond donors (Lipinski definition) is 0. The van der Waals surface area contributed by atoms with Gasteiger partial charge in [0.1, 0.15) is 11.6 Å². The van der Waals surface area contributed by atoms with Crippen LogP contribution in [0.1, 0.15) is 40.5 Å². The summed E-state index contributed by atoms with van der Waals surface area (Å²) in [5.41, 5.74) is -0.524. The lowest BCUT2D eigenvalue weighted by Gasteiger charge is -2.35. The standard InChI is InChI=1S/C15H26N2O3S/c1-11-10-16(8-9-21-11)13(18)12-6-5-7-17(12)14(19)20-15(2,3)4/h11-12H,5-10H2,1-4H3. The highest BCUT2D eigenvalue weighted by molar-refractivity contribution is 7.99. The number of carbonyl (C=O) groups is 2. The Morgan fingerprint density at radius 2 is 1.95 bits per heavy atom. The number of rotatable bonds is 1. The monoisotopic (exact) mass is 314 g/mol. The Morgan fingerprint density at radius 3 is 2.57 bits per heavy atom. The number of nitrogens with zero attached hydrogens (tertiary/aromatic N) is 2. The number of ether oxygens (including phenoxy) is 1. The third-order valence-corrected chi connectivity index (χ3v) is 4.85. The van der Waals surface area contributed by atoms with Gasteiger partial charge in [-0.3, -0.25) is 9.69 Å². The van der Waals surface area contributed by atoms with Crippen LogP contribution in [0.2, 0.25) is 0 Å². The van der Waals surface area contributed by atoms with Gasteiger partial charge < -0.3 is 9.64 Å². The maximum Gasteiger partial charge on any atom is 0.410 e. The summed E-state index contributed by atoms with van der Waals surface area (Å²) in [5.74, 6) is 1.07. The summed E-state index contributed by atoms with van der Waals surface area (Å²) in [4.78, 5) is 28.5. The highest BCUT2D eigenvalue weighted by Gasteiger charge is 2.39. The summed E-state index contributed by atoms with van der Waals surface area (Å²) in [6.07, 6.45) is 1.25. The van der Waals surface area contributed by atoms with Gasteiger partial charge in [-0.15, -0.1) is 0 Å². The van der Waals surface area contributed by atoms with Gasteiger partial charge in [-0.2, -0.15) is 11.8 Å². The normalized spacial score (nSPS) is 26.9. The van der Waals surface area contributed by atoms with Crippen molar-refractivity contribution < 1.29 is 14.3 Å². The molecule has 2 fully saturated rings. The molecule has 2 aliphatic heterocycles. The lowest BCUT2D eigenvalue weighted by Crippen LogP contribution is -2.51. The molecule has 2 heterocycles. The number of hydrogen-bond acceptors (Lipinski definition) is 4. The van der Waals surface area contributed by atoms with Crippen LogP contribution in [0.3, 0.4) is 0 Å². The Bertz CT molecular complexity index is 408. The lowest BCUT2D eigenvalue weighted by atomic mass is 10.2. The average molecular weight is 314 g/mol. The fourth-order valence-corrected chi connectivity index (χ4v) is 3.81. The van der Waals surface area contributed by atoms with Gasteiger partial charge in [0.2, 0.25) is 5.91 Å². The van der Waals surface area contributed by atoms with E-state index in [1.54, 1.807) is 4.90 Å². The van der Waals surface area contributed by atoms with Gasteiger partial charge in [0.15, 0.2) is 0 Å². The minimum atomic E-state index is -0.524. The molecule has 120 valence electrons. The maximum absolute atomic E-state index is 12.7. The largest absolute Gasteiger partial charge is 0.444 e. The second kappa shape index (κ2) is 6.46. The Kier molecular flexibility index (Phi) is 5.07. The third kappa shape index (κ3) is 4.28. The minimum Gasteiger partial charge on any atom is -0.444 e. The van der Waals surface area contributed by atoms with Crippen LogP contribution < -0.4 is 0 Å². The lowest BCUT2D eigenvalue weighted by molar-refractivity contribution is -0.135. The van der Waals surface area contributed by atoms with E-state index in [-0.39, 0.29) is 18.0 Å². The highest BCUT2D eigenvalue weighted by atomic mass is 32.2. The average Bonchev–Trinajstić information content (AvgIpc) is 2.85. The summed E-state index contributed by atoms with van der Waals surface area (Å²) in [6, 6.07) is -0.338. The predicted molar refractivity (Wildman–Crippen MR) is 84.5 cm³/mol. The van der Waals surface area contributed by atoms with Crippen molar-refractivity contribution in [2.45, 2.75) is 57.4 Å². The molecule has 0 aliphatic carbocycles. The minimum absolute atomic E-state index is 0.0884. The molecule has 2 rings (SSSR count). The topological polar surface area (TPSA) is 49.9 Å². The zero-order valence-corrected chi connectivity index (χ0v) is 14.2. The molecule has 0 radical (unpaired) electrons. The zero-order valence-electron chi connectivity index (χ0n) is 13.4. The van der Waals surface area contributed by atoms with Gasteiger partial charge >= 0.3 is 6.09 Å². The SMILES string of the molecule is CC1CN(C(=O)C2CCCN2C(=O)OC(C)(C)C)CCS1. The molecule has 2 amide bonds. The second-order valence-electron chi connectivity index (χ2n) is 6.80. The summed E-state index contributed by atoms with van der Waals surface area (Å²) < 4.78 is 5.42. The van der Waals surface area contributed by atoms with Crippen LogP contribution in [0.15, 0.2) is 0 Å². The molecule has 0 N–H and O–H groups in total. The number of likely N-dealkylation sites (tertiary alicyclic amines) is 1. The van der Waals surface area contributed by atoms with Crippen molar-refractivity contribution in [3.63, 3.8) is 0 Å². The fraction of sp³-hybridized carbons (Fsp3) is 0.867. The molecule has 5 nitrogen and oxygen atoms in total. The molecule has 0 aromatic heterocycles. The van der Waals surface area contributed by atoms with Crippen LogP contribution in [-0.4, -0.2) is 64.1 Å². The van der Waals surface area contributed by atoms with E-state index in [4.69, 9.17) is 4.74 Å². The van der Waals surface area contributed by atoms with Crippen LogP contribution >= 0.6 is 11.8 Å². The van der Waals surface area contributed by atoms with Gasteiger partial charge in [-0.05, 0) is 33.6 Å². The summed E-state index contributed by atoms with van der Waals surface area (Å²) in [6.45, 7) is 9.87. The van der Waals surface area contributed by atoms with E-state index < -0.39 is 5.60 Å². The van der Waals surface area contributed by atoms with Crippen molar-refractivity contribution in [3.05, 3.63) is 0 Å². The Morgan fingerprint density at radius 1 is 1.24 bits per heavy atom. The van der Waals surface area contributed by atoms with Crippen LogP contribution in [-0.2, 0) is 9.53 Å². The van der Waals surface area contributed by atoms with E-state index >= 15 is 0 Å². The van der Waals surface area contributed by atoms with Crippen molar-refractivity contribution in [1.82, 2.24) is 9.80 Å². The fourth-order valence-electron chi connectivity index (χ4n) is 2.79. The van der Waals surface area contributed by atoms with Crippen LogP contribution in [0.4, 0.5) is 4.79 Å². The van der Waals surface area contributed by atoms with Crippen molar-refractivity contribution in [2.24, 2.45) is 0 Å². The molecular weight excluding hydrogens is 288 g/mol. The van der Waals surface area contributed by atoms with Crippen molar-refractivity contribution in [2.75, 3.05) is 25.4 Å². The highest BCUT2D eigenvalue weighted by Crippen LogP contribution is 2.25.